The maximum absolute atomic E-state index is 12.2. The van der Waals surface area contributed by atoms with E-state index < -0.39 is 13.8 Å². The van der Waals surface area contributed by atoms with Crippen molar-refractivity contribution in [3.05, 3.63) is 0 Å². The van der Waals surface area contributed by atoms with Crippen molar-refractivity contribution >= 4 is 13.8 Å². The van der Waals surface area contributed by atoms with Crippen LogP contribution in [0.4, 0.5) is 0 Å². The van der Waals surface area contributed by atoms with Crippen LogP contribution in [0.25, 0.3) is 0 Å². The summed E-state index contributed by atoms with van der Waals surface area (Å²) < 4.78 is 27.3. The zero-order chi connectivity index (χ0) is 13.9. The molecule has 0 radical (unpaired) electrons. The van der Waals surface area contributed by atoms with Gasteiger partial charge in [-0.15, -0.1) is 0 Å². The predicted octanol–water partition coefficient (Wildman–Crippen LogP) is 4.07. The second-order valence-electron chi connectivity index (χ2n) is 4.03. The van der Waals surface area contributed by atoms with Gasteiger partial charge in [-0.25, -0.2) is 4.57 Å². The fourth-order valence-corrected chi connectivity index (χ4v) is 2.33. The molecule has 0 aromatic rings. The van der Waals surface area contributed by atoms with E-state index in [1.807, 2.05) is 20.8 Å². The third-order valence-corrected chi connectivity index (χ3v) is 3.59. The third-order valence-electron chi connectivity index (χ3n) is 2.16. The van der Waals surface area contributed by atoms with Crippen molar-refractivity contribution in [1.29, 1.82) is 0 Å². The van der Waals surface area contributed by atoms with Gasteiger partial charge in [0.1, 0.15) is 0 Å². The van der Waals surface area contributed by atoms with Gasteiger partial charge < -0.3 is 4.52 Å². The van der Waals surface area contributed by atoms with Crippen LogP contribution in [0.15, 0.2) is 0 Å². The highest BCUT2D eigenvalue weighted by Crippen LogP contribution is 2.50. The molecular formula is C12H25O5P. The van der Waals surface area contributed by atoms with Crippen LogP contribution in [0.3, 0.4) is 0 Å². The van der Waals surface area contributed by atoms with Gasteiger partial charge in [0.2, 0.25) is 0 Å². The zero-order valence-corrected chi connectivity index (χ0v) is 12.5. The molecule has 0 aromatic heterocycles. The van der Waals surface area contributed by atoms with Crippen LogP contribution in [-0.2, 0) is 22.9 Å². The summed E-state index contributed by atoms with van der Waals surface area (Å²) in [5.74, 6) is -0.533. The Bertz CT molecular complexity index is 253. The fourth-order valence-electron chi connectivity index (χ4n) is 1.11. The summed E-state index contributed by atoms with van der Waals surface area (Å²) in [6.45, 7) is 6.39. The number of carbonyl (C=O) groups excluding carboxylic acids is 1. The Hall–Kier alpha value is -0.380. The Balaban J connectivity index is 4.28. The van der Waals surface area contributed by atoms with Gasteiger partial charge in [-0.3, -0.25) is 13.8 Å². The van der Waals surface area contributed by atoms with Gasteiger partial charge in [0.25, 0.3) is 0 Å². The van der Waals surface area contributed by atoms with E-state index in [0.717, 1.165) is 25.7 Å². The molecule has 0 aromatic carbocycles. The Morgan fingerprint density at radius 1 is 0.944 bits per heavy atom. The summed E-state index contributed by atoms with van der Waals surface area (Å²) in [7, 11) is -3.71. The maximum Gasteiger partial charge on any atom is 0.532 e. The Labute approximate surface area is 110 Å². The Morgan fingerprint density at radius 2 is 1.44 bits per heavy atom. The predicted molar refractivity (Wildman–Crippen MR) is 70.3 cm³/mol. The lowest BCUT2D eigenvalue weighted by Gasteiger charge is -2.17. The summed E-state index contributed by atoms with van der Waals surface area (Å²) in [6, 6.07) is 0. The SMILES string of the molecule is CCCCOP(=O)(OCCCC)OC(=O)CCC. The molecule has 108 valence electrons. The first kappa shape index (κ1) is 17.6. The number of phosphoric acid groups is 1. The van der Waals surface area contributed by atoms with Crippen molar-refractivity contribution in [2.75, 3.05) is 13.2 Å². The summed E-state index contributed by atoms with van der Waals surface area (Å²) >= 11 is 0. The quantitative estimate of drug-likeness (QED) is 0.421. The van der Waals surface area contributed by atoms with Crippen molar-refractivity contribution in [3.63, 3.8) is 0 Å². The van der Waals surface area contributed by atoms with Gasteiger partial charge >= 0.3 is 13.8 Å². The van der Waals surface area contributed by atoms with E-state index in [-0.39, 0.29) is 19.6 Å². The lowest BCUT2D eigenvalue weighted by Crippen LogP contribution is -2.08. The van der Waals surface area contributed by atoms with Crippen molar-refractivity contribution in [2.24, 2.45) is 0 Å². The fraction of sp³-hybridized carbons (Fsp3) is 0.917. The molecule has 0 heterocycles. The minimum atomic E-state index is -3.71. The lowest BCUT2D eigenvalue weighted by molar-refractivity contribution is -0.136. The highest BCUT2D eigenvalue weighted by Gasteiger charge is 2.30. The van der Waals surface area contributed by atoms with E-state index in [9.17, 15) is 9.36 Å². The molecule has 5 nitrogen and oxygen atoms in total. The van der Waals surface area contributed by atoms with Gasteiger partial charge in [-0.05, 0) is 19.3 Å². The monoisotopic (exact) mass is 280 g/mol. The van der Waals surface area contributed by atoms with Crippen LogP contribution >= 0.6 is 7.82 Å². The molecule has 0 amide bonds. The first-order chi connectivity index (χ1) is 8.58. The molecule has 0 atom stereocenters. The first-order valence-corrected chi connectivity index (χ1v) is 8.15. The van der Waals surface area contributed by atoms with E-state index in [1.54, 1.807) is 0 Å². The van der Waals surface area contributed by atoms with Gasteiger partial charge in [-0.1, -0.05) is 33.6 Å². The molecule has 0 aliphatic heterocycles. The van der Waals surface area contributed by atoms with E-state index in [2.05, 4.69) is 0 Å². The van der Waals surface area contributed by atoms with Gasteiger partial charge in [-0.2, -0.15) is 0 Å². The summed E-state index contributed by atoms with van der Waals surface area (Å²) in [5.41, 5.74) is 0. The van der Waals surface area contributed by atoms with Crippen LogP contribution in [-0.4, -0.2) is 19.2 Å². The average molecular weight is 280 g/mol. The molecule has 0 bridgehead atoms. The third kappa shape index (κ3) is 8.67. The van der Waals surface area contributed by atoms with Crippen molar-refractivity contribution in [2.45, 2.75) is 59.3 Å². The molecule has 0 aliphatic carbocycles. The normalized spacial score (nSPS) is 11.5. The molecule has 0 saturated carbocycles. The number of carbonyl (C=O) groups is 1. The van der Waals surface area contributed by atoms with Gasteiger partial charge in [0.05, 0.1) is 13.2 Å². The summed E-state index contributed by atoms with van der Waals surface area (Å²) in [4.78, 5) is 11.4. The van der Waals surface area contributed by atoms with Crippen LogP contribution in [0.5, 0.6) is 0 Å². The van der Waals surface area contributed by atoms with Crippen LogP contribution < -0.4 is 0 Å². The van der Waals surface area contributed by atoms with Crippen LogP contribution in [0.1, 0.15) is 59.3 Å². The second kappa shape index (κ2) is 10.5. The van der Waals surface area contributed by atoms with Crippen molar-refractivity contribution in [1.82, 2.24) is 0 Å². The lowest BCUT2D eigenvalue weighted by atomic mass is 10.4. The van der Waals surface area contributed by atoms with Crippen LogP contribution in [0.2, 0.25) is 0 Å². The number of phosphoric ester groups is 1. The Morgan fingerprint density at radius 3 is 1.83 bits per heavy atom. The minimum Gasteiger partial charge on any atom is -0.370 e. The molecule has 0 fully saturated rings. The Kier molecular flexibility index (Phi) is 10.3. The number of unbranched alkanes of at least 4 members (excludes halogenated alkanes) is 2. The van der Waals surface area contributed by atoms with E-state index >= 15 is 0 Å². The molecule has 6 heteroatoms. The van der Waals surface area contributed by atoms with E-state index in [4.69, 9.17) is 13.6 Å². The molecule has 0 rings (SSSR count). The summed E-state index contributed by atoms with van der Waals surface area (Å²) in [5, 5.41) is 0. The smallest absolute Gasteiger partial charge is 0.370 e. The molecule has 0 aliphatic rings. The minimum absolute atomic E-state index is 0.221. The average Bonchev–Trinajstić information content (AvgIpc) is 2.30. The first-order valence-electron chi connectivity index (χ1n) is 6.69. The van der Waals surface area contributed by atoms with Crippen molar-refractivity contribution < 1.29 is 22.9 Å². The molecule has 0 unspecified atom stereocenters. The number of hydrogen-bond acceptors (Lipinski definition) is 5. The van der Waals surface area contributed by atoms with Gasteiger partial charge in [0.15, 0.2) is 0 Å². The largest absolute Gasteiger partial charge is 0.532 e. The van der Waals surface area contributed by atoms with Gasteiger partial charge in [0, 0.05) is 6.42 Å². The molecular weight excluding hydrogens is 255 g/mol. The molecule has 0 N–H and O–H groups in total. The maximum atomic E-state index is 12.2. The van der Waals surface area contributed by atoms with E-state index in [0.29, 0.717) is 6.42 Å². The zero-order valence-electron chi connectivity index (χ0n) is 11.6. The van der Waals surface area contributed by atoms with E-state index in [1.165, 1.54) is 0 Å². The number of hydrogen-bond donors (Lipinski definition) is 0. The highest BCUT2D eigenvalue weighted by atomic mass is 31.2. The molecule has 0 saturated heterocycles. The standard InChI is InChI=1S/C12H25O5P/c1-4-7-10-15-18(14,16-11-8-5-2)17-12(13)9-6-3/h4-11H2,1-3H3. The topological polar surface area (TPSA) is 61.8 Å². The highest BCUT2D eigenvalue weighted by molar-refractivity contribution is 7.49. The van der Waals surface area contributed by atoms with Crippen molar-refractivity contribution in [3.8, 4) is 0 Å². The summed E-state index contributed by atoms with van der Waals surface area (Å²) in [6.07, 6.45) is 4.20. The molecule has 18 heavy (non-hydrogen) atoms. The van der Waals surface area contributed by atoms with Crippen LogP contribution in [0, 0.1) is 0 Å². The second-order valence-corrected chi connectivity index (χ2v) is 5.63. The number of rotatable bonds is 11. The molecule has 0 spiro atoms.